The Morgan fingerprint density at radius 3 is 2.39 bits per heavy atom. The van der Waals surface area contributed by atoms with Gasteiger partial charge in [0, 0.05) is 30.5 Å². The normalized spacial score (nSPS) is 18.5. The van der Waals surface area contributed by atoms with Gasteiger partial charge in [-0.1, -0.05) is 18.6 Å². The molecule has 2 aromatic heterocycles. The molecule has 2 aromatic carbocycles. The number of methoxy groups -OCH3 is 1. The summed E-state index contributed by atoms with van der Waals surface area (Å²) in [6, 6.07) is 18.6. The second-order valence-electron chi connectivity index (χ2n) is 9.36. The van der Waals surface area contributed by atoms with Gasteiger partial charge in [0.15, 0.2) is 0 Å². The molecule has 0 bridgehead atoms. The Balaban J connectivity index is 1.27. The molecule has 2 aliphatic rings. The van der Waals surface area contributed by atoms with Crippen molar-refractivity contribution in [2.45, 2.75) is 36.6 Å². The molecule has 4 heterocycles. The van der Waals surface area contributed by atoms with Gasteiger partial charge in [0.05, 0.1) is 29.7 Å². The zero-order chi connectivity index (χ0) is 26.1. The molecule has 0 unspecified atom stereocenters. The van der Waals surface area contributed by atoms with Crippen molar-refractivity contribution >= 4 is 32.2 Å². The molecule has 4 aromatic rings. The molecule has 0 aliphatic carbocycles. The third kappa shape index (κ3) is 4.75. The number of hydrogen-bond acceptors (Lipinski definition) is 8. The molecule has 0 N–H and O–H groups in total. The third-order valence-corrected chi connectivity index (χ3v) is 9.74. The lowest BCUT2D eigenvalue weighted by Gasteiger charge is -2.25. The fraction of sp³-hybridized carbons (Fsp3) is 0.286. The zero-order valence-corrected chi connectivity index (χ0v) is 22.6. The van der Waals surface area contributed by atoms with Gasteiger partial charge in [-0.2, -0.15) is 9.41 Å². The van der Waals surface area contributed by atoms with Crippen molar-refractivity contribution in [1.29, 1.82) is 0 Å². The van der Waals surface area contributed by atoms with Crippen LogP contribution in [0.3, 0.4) is 0 Å². The van der Waals surface area contributed by atoms with Crippen LogP contribution >= 0.6 is 11.3 Å². The van der Waals surface area contributed by atoms with Crippen LogP contribution in [0.25, 0.3) is 11.3 Å². The summed E-state index contributed by atoms with van der Waals surface area (Å²) in [4.78, 5) is 5.20. The Bertz CT molecular complexity index is 1520. The molecule has 6 rings (SSSR count). The lowest BCUT2D eigenvalue weighted by molar-refractivity contribution is 0.346. The molecule has 0 amide bonds. The van der Waals surface area contributed by atoms with Gasteiger partial charge in [0.1, 0.15) is 17.6 Å². The fourth-order valence-electron chi connectivity index (χ4n) is 4.90. The van der Waals surface area contributed by atoms with E-state index in [4.69, 9.17) is 19.2 Å². The van der Waals surface area contributed by atoms with Gasteiger partial charge in [-0.15, -0.1) is 11.3 Å². The second kappa shape index (κ2) is 10.4. The number of ether oxygens (including phenoxy) is 1. The fourth-order valence-corrected chi connectivity index (χ4v) is 7.25. The monoisotopic (exact) mass is 548 g/mol. The molecule has 10 heteroatoms. The standard InChI is InChI=1S/C28H28N4O4S2/c1-35-22-11-7-20(8-12-22)24-18-26(27-6-5-17-36-27)32(30-24)28-29-25(19-37-28)21-9-13-23(14-10-21)38(33,34)31-15-3-2-4-16-31/h5-14,17,19,26H,2-4,15-16,18H2,1H3/t26-/m1/s1. The number of nitrogens with zero attached hydrogens (tertiary/aromatic N) is 4. The minimum atomic E-state index is -3.47. The Hall–Kier alpha value is -3.47. The van der Waals surface area contributed by atoms with E-state index in [0.29, 0.717) is 24.4 Å². The summed E-state index contributed by atoms with van der Waals surface area (Å²) in [6.45, 7) is 1.18. The largest absolute Gasteiger partial charge is 0.497 e. The lowest BCUT2D eigenvalue weighted by Crippen LogP contribution is -2.35. The molecule has 0 spiro atoms. The minimum Gasteiger partial charge on any atom is -0.497 e. The van der Waals surface area contributed by atoms with Crippen LogP contribution in [0.15, 0.2) is 86.7 Å². The first-order chi connectivity index (χ1) is 18.5. The molecule has 0 radical (unpaired) electrons. The summed E-state index contributed by atoms with van der Waals surface area (Å²) in [5.74, 6) is 1.62. The summed E-state index contributed by atoms with van der Waals surface area (Å²) in [6.07, 6.45) is 5.26. The van der Waals surface area contributed by atoms with Crippen LogP contribution in [0.1, 0.15) is 43.0 Å². The topological polar surface area (TPSA) is 88.2 Å². The van der Waals surface area contributed by atoms with E-state index in [0.717, 1.165) is 58.4 Å². The first kappa shape index (κ1) is 24.8. The van der Waals surface area contributed by atoms with E-state index in [1.165, 1.54) is 11.3 Å². The van der Waals surface area contributed by atoms with E-state index in [-0.39, 0.29) is 6.04 Å². The smallest absolute Gasteiger partial charge is 0.243 e. The van der Waals surface area contributed by atoms with E-state index in [1.807, 2.05) is 58.9 Å². The number of aromatic nitrogens is 1. The van der Waals surface area contributed by atoms with Gasteiger partial charge in [0.25, 0.3) is 0 Å². The van der Waals surface area contributed by atoms with Gasteiger partial charge in [0.2, 0.25) is 15.2 Å². The van der Waals surface area contributed by atoms with Gasteiger partial charge in [-0.05, 0) is 66.9 Å². The maximum absolute atomic E-state index is 13.0. The van der Waals surface area contributed by atoms with Crippen molar-refractivity contribution in [3.05, 3.63) is 83.6 Å². The van der Waals surface area contributed by atoms with Crippen molar-refractivity contribution in [3.8, 4) is 17.0 Å². The predicted molar refractivity (Wildman–Crippen MR) is 148 cm³/mol. The number of anilines is 1. The highest BCUT2D eigenvalue weighted by Crippen LogP contribution is 2.39. The van der Waals surface area contributed by atoms with Gasteiger partial charge in [-0.25, -0.2) is 18.4 Å². The van der Waals surface area contributed by atoms with E-state index < -0.39 is 10.0 Å². The van der Waals surface area contributed by atoms with Crippen LogP contribution in [0.2, 0.25) is 0 Å². The molecule has 0 saturated carbocycles. The first-order valence-electron chi connectivity index (χ1n) is 12.6. The van der Waals surface area contributed by atoms with Crippen LogP contribution in [0.4, 0.5) is 5.13 Å². The van der Waals surface area contributed by atoms with Crippen molar-refractivity contribution in [3.63, 3.8) is 0 Å². The van der Waals surface area contributed by atoms with Crippen LogP contribution in [0, 0.1) is 0 Å². The average Bonchev–Trinajstić information content (AvgIpc) is 3.74. The quantitative estimate of drug-likeness (QED) is 0.284. The highest BCUT2D eigenvalue weighted by atomic mass is 32.2. The third-order valence-electron chi connectivity index (χ3n) is 7.00. The van der Waals surface area contributed by atoms with E-state index >= 15 is 0 Å². The number of piperidine rings is 1. The highest BCUT2D eigenvalue weighted by Gasteiger charge is 2.33. The summed E-state index contributed by atoms with van der Waals surface area (Å²) in [5.41, 5.74) is 3.60. The maximum atomic E-state index is 13.0. The Morgan fingerprint density at radius 1 is 0.974 bits per heavy atom. The number of furan rings is 1. The van der Waals surface area contributed by atoms with Gasteiger partial charge < -0.3 is 9.15 Å². The summed E-state index contributed by atoms with van der Waals surface area (Å²) in [5, 5.41) is 9.58. The first-order valence-corrected chi connectivity index (χ1v) is 15.0. The second-order valence-corrected chi connectivity index (χ2v) is 12.1. The minimum absolute atomic E-state index is 0.113. The van der Waals surface area contributed by atoms with E-state index in [9.17, 15) is 8.42 Å². The van der Waals surface area contributed by atoms with Crippen molar-refractivity contribution in [2.24, 2.45) is 5.10 Å². The molecular weight excluding hydrogens is 520 g/mol. The number of rotatable bonds is 7. The summed E-state index contributed by atoms with van der Waals surface area (Å²) in [7, 11) is -1.82. The zero-order valence-electron chi connectivity index (χ0n) is 21.0. The van der Waals surface area contributed by atoms with Crippen LogP contribution in [-0.2, 0) is 10.0 Å². The van der Waals surface area contributed by atoms with Crippen LogP contribution < -0.4 is 9.75 Å². The van der Waals surface area contributed by atoms with Crippen molar-refractivity contribution in [2.75, 3.05) is 25.2 Å². The molecule has 196 valence electrons. The maximum Gasteiger partial charge on any atom is 0.243 e. The van der Waals surface area contributed by atoms with Gasteiger partial charge >= 0.3 is 0 Å². The summed E-state index contributed by atoms with van der Waals surface area (Å²) >= 11 is 1.50. The van der Waals surface area contributed by atoms with Crippen molar-refractivity contribution in [1.82, 2.24) is 9.29 Å². The predicted octanol–water partition coefficient (Wildman–Crippen LogP) is 5.94. The molecule has 1 fully saturated rings. The molecule has 8 nitrogen and oxygen atoms in total. The van der Waals surface area contributed by atoms with Gasteiger partial charge in [-0.3, -0.25) is 0 Å². The number of thiazole rings is 1. The number of benzene rings is 2. The summed E-state index contributed by atoms with van der Waals surface area (Å²) < 4.78 is 38.7. The van der Waals surface area contributed by atoms with Crippen molar-refractivity contribution < 1.29 is 17.6 Å². The average molecular weight is 549 g/mol. The molecule has 38 heavy (non-hydrogen) atoms. The highest BCUT2D eigenvalue weighted by molar-refractivity contribution is 7.89. The molecule has 2 aliphatic heterocycles. The molecule has 1 saturated heterocycles. The number of hydrogen-bond donors (Lipinski definition) is 0. The van der Waals surface area contributed by atoms with Crippen LogP contribution in [0.5, 0.6) is 5.75 Å². The SMILES string of the molecule is COc1ccc(C2=NN(c3nc(-c4ccc(S(=O)(=O)N5CCCCC5)cc4)cs3)[C@@H](c3ccco3)C2)cc1. The Morgan fingerprint density at radius 2 is 1.71 bits per heavy atom. The molecule has 1 atom stereocenters. The Kier molecular flexibility index (Phi) is 6.77. The molecular formula is C28H28N4O4S2. The Labute approximate surface area is 226 Å². The van der Waals surface area contributed by atoms with Crippen LogP contribution in [-0.4, -0.2) is 43.6 Å². The number of hydrazone groups is 1. The van der Waals surface area contributed by atoms with E-state index in [2.05, 4.69) is 0 Å². The number of sulfonamides is 1. The van der Waals surface area contributed by atoms with E-state index in [1.54, 1.807) is 29.8 Å². The lowest BCUT2D eigenvalue weighted by atomic mass is 10.0.